The molecular formula is C24H24. The Morgan fingerprint density at radius 2 is 1.21 bits per heavy atom. The molecule has 4 aliphatic rings. The van der Waals surface area contributed by atoms with Crippen LogP contribution in [0.25, 0.3) is 11.1 Å². The third-order valence-electron chi connectivity index (χ3n) is 5.31. The van der Waals surface area contributed by atoms with Gasteiger partial charge in [-0.05, 0) is 78.5 Å². The predicted octanol–water partition coefficient (Wildman–Crippen LogP) is 5.85. The van der Waals surface area contributed by atoms with Crippen molar-refractivity contribution in [2.45, 2.75) is 39.5 Å². The molecule has 0 unspecified atom stereocenters. The molecule has 0 fully saturated rings. The van der Waals surface area contributed by atoms with Crippen molar-refractivity contribution in [2.24, 2.45) is 0 Å². The van der Waals surface area contributed by atoms with Gasteiger partial charge in [-0.15, -0.1) is 0 Å². The minimum absolute atomic E-state index is 1.10. The quantitative estimate of drug-likeness (QED) is 0.528. The molecule has 0 saturated carbocycles. The van der Waals surface area contributed by atoms with Gasteiger partial charge in [0.2, 0.25) is 0 Å². The average molecular weight is 312 g/mol. The van der Waals surface area contributed by atoms with E-state index in [1.807, 2.05) is 0 Å². The second-order valence-electron chi connectivity index (χ2n) is 7.12. The van der Waals surface area contributed by atoms with Gasteiger partial charge in [0.1, 0.15) is 0 Å². The highest BCUT2D eigenvalue weighted by Gasteiger charge is 2.10. The maximum absolute atomic E-state index is 2.42. The van der Waals surface area contributed by atoms with Crippen molar-refractivity contribution < 1.29 is 0 Å². The molecule has 120 valence electrons. The molecule has 7 rings (SSSR count). The van der Waals surface area contributed by atoms with Crippen molar-refractivity contribution in [3.63, 3.8) is 0 Å². The third-order valence-corrected chi connectivity index (χ3v) is 5.31. The molecular weight excluding hydrogens is 288 g/mol. The summed E-state index contributed by atoms with van der Waals surface area (Å²) in [6.45, 7) is 4.41. The van der Waals surface area contributed by atoms with Gasteiger partial charge >= 0.3 is 0 Å². The average Bonchev–Trinajstić information content (AvgIpc) is 2.58. The normalized spacial score (nSPS) is 13.6. The van der Waals surface area contributed by atoms with Crippen LogP contribution in [0.2, 0.25) is 0 Å². The van der Waals surface area contributed by atoms with Gasteiger partial charge in [0.05, 0.1) is 0 Å². The standard InChI is InChI=1S/C24H24/c1-17-3-9-22(10-4-17)24-16-20-6-12-21-11-5-19(15-18(21)2)7-13-23(24)14-8-20/h3-5,8-11,14-16H,6-7,12-13H2,1-2H3. The fourth-order valence-electron chi connectivity index (χ4n) is 3.75. The van der Waals surface area contributed by atoms with Crippen LogP contribution in [0.1, 0.15) is 33.4 Å². The Kier molecular flexibility index (Phi) is 3.98. The van der Waals surface area contributed by atoms with Crippen molar-refractivity contribution in [3.8, 4) is 11.1 Å². The second-order valence-corrected chi connectivity index (χ2v) is 7.12. The zero-order valence-electron chi connectivity index (χ0n) is 14.6. The Balaban J connectivity index is 1.78. The topological polar surface area (TPSA) is 0 Å². The highest BCUT2D eigenvalue weighted by atomic mass is 14.2. The van der Waals surface area contributed by atoms with E-state index in [0.717, 1.165) is 25.7 Å². The first kappa shape index (κ1) is 15.2. The summed E-state index contributed by atoms with van der Waals surface area (Å²) in [7, 11) is 0. The summed E-state index contributed by atoms with van der Waals surface area (Å²) in [5, 5.41) is 0. The molecule has 0 amide bonds. The van der Waals surface area contributed by atoms with Gasteiger partial charge in [-0.25, -0.2) is 0 Å². The fraction of sp³-hybridized carbons (Fsp3) is 0.250. The molecule has 0 heteroatoms. The smallest absolute Gasteiger partial charge is 0.0149 e. The van der Waals surface area contributed by atoms with Gasteiger partial charge < -0.3 is 0 Å². The summed E-state index contributed by atoms with van der Waals surface area (Å²) >= 11 is 0. The van der Waals surface area contributed by atoms with Crippen LogP contribution in [0, 0.1) is 13.8 Å². The van der Waals surface area contributed by atoms with Gasteiger partial charge in [0.25, 0.3) is 0 Å². The molecule has 0 radical (unpaired) electrons. The lowest BCUT2D eigenvalue weighted by molar-refractivity contribution is 0.914. The number of rotatable bonds is 1. The first-order valence-corrected chi connectivity index (χ1v) is 8.96. The zero-order valence-corrected chi connectivity index (χ0v) is 14.6. The van der Waals surface area contributed by atoms with Crippen LogP contribution >= 0.6 is 0 Å². The first-order valence-electron chi connectivity index (χ1n) is 8.96. The van der Waals surface area contributed by atoms with Gasteiger partial charge in [-0.1, -0.05) is 66.2 Å². The van der Waals surface area contributed by atoms with E-state index in [-0.39, 0.29) is 0 Å². The molecule has 3 aromatic rings. The van der Waals surface area contributed by atoms with Crippen LogP contribution in [0.4, 0.5) is 0 Å². The molecule has 4 bridgehead atoms. The molecule has 24 heavy (non-hydrogen) atoms. The van der Waals surface area contributed by atoms with Crippen molar-refractivity contribution in [1.82, 2.24) is 0 Å². The Hall–Kier alpha value is -2.34. The van der Waals surface area contributed by atoms with E-state index >= 15 is 0 Å². The molecule has 4 aliphatic carbocycles. The second kappa shape index (κ2) is 6.28. The monoisotopic (exact) mass is 312 g/mol. The minimum atomic E-state index is 1.10. The van der Waals surface area contributed by atoms with Crippen LogP contribution in [0.3, 0.4) is 0 Å². The lowest BCUT2D eigenvalue weighted by Gasteiger charge is -2.16. The Morgan fingerprint density at radius 3 is 1.92 bits per heavy atom. The summed E-state index contributed by atoms with van der Waals surface area (Å²) in [4.78, 5) is 0. The lowest BCUT2D eigenvalue weighted by atomic mass is 9.89. The van der Waals surface area contributed by atoms with Crippen molar-refractivity contribution in [3.05, 3.63) is 94.0 Å². The highest BCUT2D eigenvalue weighted by Crippen LogP contribution is 2.28. The molecule has 3 aromatic carbocycles. The Morgan fingerprint density at radius 1 is 0.583 bits per heavy atom. The van der Waals surface area contributed by atoms with Gasteiger partial charge in [0, 0.05) is 0 Å². The SMILES string of the molecule is Cc1ccc(-c2cc3ccc2CCc2ccc(c(C)c2)CC3)cc1. The first-order chi connectivity index (χ1) is 11.7. The van der Waals surface area contributed by atoms with E-state index in [1.165, 1.54) is 44.5 Å². The summed E-state index contributed by atoms with van der Waals surface area (Å²) in [5.74, 6) is 0. The molecule has 0 N–H and O–H groups in total. The van der Waals surface area contributed by atoms with Gasteiger partial charge in [-0.3, -0.25) is 0 Å². The van der Waals surface area contributed by atoms with E-state index in [4.69, 9.17) is 0 Å². The predicted molar refractivity (Wildman–Crippen MR) is 103 cm³/mol. The summed E-state index contributed by atoms with van der Waals surface area (Å²) < 4.78 is 0. The molecule has 0 aromatic heterocycles. The molecule has 0 atom stereocenters. The fourth-order valence-corrected chi connectivity index (χ4v) is 3.75. The van der Waals surface area contributed by atoms with E-state index < -0.39 is 0 Å². The number of benzene rings is 3. The van der Waals surface area contributed by atoms with E-state index in [0.29, 0.717) is 0 Å². The van der Waals surface area contributed by atoms with E-state index in [1.54, 1.807) is 0 Å². The molecule has 0 spiro atoms. The maximum Gasteiger partial charge on any atom is -0.0149 e. The molecule has 0 saturated heterocycles. The molecule has 0 heterocycles. The molecule has 0 nitrogen and oxygen atoms in total. The van der Waals surface area contributed by atoms with Gasteiger partial charge in [-0.2, -0.15) is 0 Å². The van der Waals surface area contributed by atoms with Crippen molar-refractivity contribution in [2.75, 3.05) is 0 Å². The Labute approximate surface area is 145 Å². The van der Waals surface area contributed by atoms with Crippen LogP contribution < -0.4 is 0 Å². The van der Waals surface area contributed by atoms with Crippen LogP contribution in [-0.2, 0) is 25.7 Å². The number of hydrogen-bond acceptors (Lipinski definition) is 0. The van der Waals surface area contributed by atoms with Gasteiger partial charge in [0.15, 0.2) is 0 Å². The van der Waals surface area contributed by atoms with E-state index in [9.17, 15) is 0 Å². The summed E-state index contributed by atoms with van der Waals surface area (Å²) in [5.41, 5.74) is 11.4. The zero-order chi connectivity index (χ0) is 16.5. The van der Waals surface area contributed by atoms with Crippen LogP contribution in [0.15, 0.2) is 60.7 Å². The van der Waals surface area contributed by atoms with Crippen molar-refractivity contribution in [1.29, 1.82) is 0 Å². The van der Waals surface area contributed by atoms with E-state index in [2.05, 4.69) is 74.5 Å². The minimum Gasteiger partial charge on any atom is -0.0587 e. The van der Waals surface area contributed by atoms with Crippen molar-refractivity contribution >= 4 is 0 Å². The van der Waals surface area contributed by atoms with Crippen LogP contribution in [0.5, 0.6) is 0 Å². The number of aryl methyl sites for hydroxylation is 6. The van der Waals surface area contributed by atoms with Crippen LogP contribution in [-0.4, -0.2) is 0 Å². The third kappa shape index (κ3) is 3.01. The molecule has 0 aliphatic heterocycles. The Bertz CT molecular complexity index is 869. The lowest BCUT2D eigenvalue weighted by Crippen LogP contribution is -2.02. The summed E-state index contributed by atoms with van der Waals surface area (Å²) in [6, 6.07) is 23.1. The summed E-state index contributed by atoms with van der Waals surface area (Å²) in [6.07, 6.45) is 4.44. The largest absolute Gasteiger partial charge is 0.0587 e. The maximum atomic E-state index is 2.42. The number of hydrogen-bond donors (Lipinski definition) is 0. The highest BCUT2D eigenvalue weighted by molar-refractivity contribution is 5.68.